The molecule has 2 aliphatic rings. The molecule has 0 saturated carbocycles. The number of carbonyl (C=O) groups is 2. The maximum absolute atomic E-state index is 13.5. The van der Waals surface area contributed by atoms with E-state index in [1.165, 1.54) is 5.56 Å². The van der Waals surface area contributed by atoms with Crippen LogP contribution in [0.4, 0.5) is 0 Å². The second kappa shape index (κ2) is 11.0. The maximum Gasteiger partial charge on any atom is 0.253 e. The van der Waals surface area contributed by atoms with Gasteiger partial charge in [0.05, 0.1) is 28.8 Å². The van der Waals surface area contributed by atoms with Crippen LogP contribution >= 0.6 is 0 Å². The molecular formula is C30H38N4O3. The van der Waals surface area contributed by atoms with Crippen LogP contribution < -0.4 is 10.1 Å². The van der Waals surface area contributed by atoms with E-state index in [4.69, 9.17) is 4.74 Å². The van der Waals surface area contributed by atoms with Crippen molar-refractivity contribution in [3.8, 4) is 5.75 Å². The number of aromatic nitrogens is 2. The molecule has 7 nitrogen and oxygen atoms in total. The van der Waals surface area contributed by atoms with Crippen LogP contribution in [-0.4, -0.2) is 52.0 Å². The number of nitrogens with zero attached hydrogens (tertiary/aromatic N) is 3. The highest BCUT2D eigenvalue weighted by atomic mass is 16.5. The van der Waals surface area contributed by atoms with E-state index in [-0.39, 0.29) is 17.9 Å². The van der Waals surface area contributed by atoms with E-state index in [0.717, 1.165) is 55.4 Å². The third-order valence-corrected chi connectivity index (χ3v) is 8.01. The fourth-order valence-corrected chi connectivity index (χ4v) is 5.79. The highest BCUT2D eigenvalue weighted by Crippen LogP contribution is 2.38. The standard InChI is InChI=1S/C30H38N4O3/c1-3-16-34-21-31-25-19-24(11-12-26(25)34)28(35)33-17-14-30(15-18-33)13-7-6-9-23-8-4-5-10-27(23)37-20-22(2)32-29(30)36/h4-5,8,10-12,19,21-22H,3,6-7,9,13-18,20H2,1-2H3,(H,32,36)/t22-/m1/s1. The summed E-state index contributed by atoms with van der Waals surface area (Å²) in [4.78, 5) is 33.3. The van der Waals surface area contributed by atoms with Crippen LogP contribution in [0.1, 0.15) is 68.3 Å². The SMILES string of the molecule is CCCn1cnc2cc(C(=O)N3CCC4(CCCCc5ccccc5OC[C@@H](C)NC4=O)CC3)ccc21. The first-order valence-electron chi connectivity index (χ1n) is 13.7. The fourth-order valence-electron chi connectivity index (χ4n) is 5.79. The first-order chi connectivity index (χ1) is 18.0. The minimum absolute atomic E-state index is 0.0220. The molecule has 3 heterocycles. The summed E-state index contributed by atoms with van der Waals surface area (Å²) in [6, 6.07) is 13.9. The van der Waals surface area contributed by atoms with Crippen LogP contribution in [0.25, 0.3) is 11.0 Å². The third-order valence-electron chi connectivity index (χ3n) is 8.01. The van der Waals surface area contributed by atoms with Crippen molar-refractivity contribution >= 4 is 22.8 Å². The second-order valence-electron chi connectivity index (χ2n) is 10.7. The third kappa shape index (κ3) is 5.36. The van der Waals surface area contributed by atoms with Gasteiger partial charge in [0, 0.05) is 25.2 Å². The zero-order chi connectivity index (χ0) is 25.8. The van der Waals surface area contributed by atoms with Crippen molar-refractivity contribution in [1.82, 2.24) is 19.8 Å². The summed E-state index contributed by atoms with van der Waals surface area (Å²) in [7, 11) is 0. The van der Waals surface area contributed by atoms with Crippen LogP contribution in [0.5, 0.6) is 5.75 Å². The molecule has 0 aliphatic carbocycles. The molecule has 2 amide bonds. The molecule has 1 atom stereocenters. The summed E-state index contributed by atoms with van der Waals surface area (Å²) in [6.45, 7) is 6.67. The Morgan fingerprint density at radius 1 is 1.14 bits per heavy atom. The molecule has 1 fully saturated rings. The summed E-state index contributed by atoms with van der Waals surface area (Å²) in [5, 5.41) is 3.22. The lowest BCUT2D eigenvalue weighted by molar-refractivity contribution is -0.135. The van der Waals surface area contributed by atoms with Gasteiger partial charge in [-0.3, -0.25) is 9.59 Å². The van der Waals surface area contributed by atoms with Gasteiger partial charge in [-0.2, -0.15) is 0 Å². The van der Waals surface area contributed by atoms with Gasteiger partial charge in [0.1, 0.15) is 12.4 Å². The van der Waals surface area contributed by atoms with Crippen molar-refractivity contribution in [3.63, 3.8) is 0 Å². The molecule has 1 N–H and O–H groups in total. The molecule has 5 rings (SSSR count). The number of amides is 2. The number of carbonyl (C=O) groups excluding carboxylic acids is 2. The lowest BCUT2D eigenvalue weighted by atomic mass is 9.73. The van der Waals surface area contributed by atoms with E-state index in [0.29, 0.717) is 38.1 Å². The minimum atomic E-state index is -0.438. The Bertz CT molecular complexity index is 1260. The number of rotatable bonds is 3. The highest BCUT2D eigenvalue weighted by molar-refractivity contribution is 5.97. The number of fused-ring (bicyclic) bond motifs is 2. The maximum atomic E-state index is 13.5. The molecule has 0 bridgehead atoms. The van der Waals surface area contributed by atoms with Crippen LogP contribution in [0.15, 0.2) is 48.8 Å². The van der Waals surface area contributed by atoms with Crippen molar-refractivity contribution in [2.24, 2.45) is 5.41 Å². The van der Waals surface area contributed by atoms with Gasteiger partial charge in [0.15, 0.2) is 0 Å². The molecule has 7 heteroatoms. The predicted molar refractivity (Wildman–Crippen MR) is 145 cm³/mol. The van der Waals surface area contributed by atoms with Crippen LogP contribution in [0.2, 0.25) is 0 Å². The predicted octanol–water partition coefficient (Wildman–Crippen LogP) is 4.98. The van der Waals surface area contributed by atoms with Crippen LogP contribution in [-0.2, 0) is 17.8 Å². The Kier molecular flexibility index (Phi) is 7.49. The van der Waals surface area contributed by atoms with Gasteiger partial charge in [-0.05, 0) is 75.3 Å². The Morgan fingerprint density at radius 2 is 1.95 bits per heavy atom. The van der Waals surface area contributed by atoms with Crippen molar-refractivity contribution < 1.29 is 14.3 Å². The number of para-hydroxylation sites is 1. The van der Waals surface area contributed by atoms with E-state index in [1.807, 2.05) is 48.5 Å². The van der Waals surface area contributed by atoms with E-state index in [9.17, 15) is 9.59 Å². The van der Waals surface area contributed by atoms with Crippen molar-refractivity contribution in [2.45, 2.75) is 71.4 Å². The Balaban J connectivity index is 1.27. The van der Waals surface area contributed by atoms with Gasteiger partial charge in [-0.1, -0.05) is 31.5 Å². The van der Waals surface area contributed by atoms with E-state index >= 15 is 0 Å². The van der Waals surface area contributed by atoms with Gasteiger partial charge < -0.3 is 19.5 Å². The molecular weight excluding hydrogens is 464 g/mol. The molecule has 2 aromatic carbocycles. The second-order valence-corrected chi connectivity index (χ2v) is 10.7. The summed E-state index contributed by atoms with van der Waals surface area (Å²) in [5.41, 5.74) is 3.36. The zero-order valence-electron chi connectivity index (χ0n) is 22.0. The molecule has 0 radical (unpaired) electrons. The summed E-state index contributed by atoms with van der Waals surface area (Å²) < 4.78 is 8.19. The number of hydrogen-bond donors (Lipinski definition) is 1. The molecule has 37 heavy (non-hydrogen) atoms. The summed E-state index contributed by atoms with van der Waals surface area (Å²) in [5.74, 6) is 1.04. The molecule has 1 aromatic heterocycles. The Morgan fingerprint density at radius 3 is 2.76 bits per heavy atom. The first-order valence-corrected chi connectivity index (χ1v) is 13.7. The zero-order valence-corrected chi connectivity index (χ0v) is 22.0. The topological polar surface area (TPSA) is 76.5 Å². The van der Waals surface area contributed by atoms with Crippen molar-refractivity contribution in [3.05, 3.63) is 59.9 Å². The van der Waals surface area contributed by atoms with Gasteiger partial charge in [0.2, 0.25) is 5.91 Å². The number of hydrogen-bond acceptors (Lipinski definition) is 4. The van der Waals surface area contributed by atoms with E-state index < -0.39 is 5.41 Å². The number of aryl methyl sites for hydroxylation is 2. The smallest absolute Gasteiger partial charge is 0.253 e. The Labute approximate surface area is 219 Å². The first kappa shape index (κ1) is 25.3. The lowest BCUT2D eigenvalue weighted by Crippen LogP contribution is -2.52. The van der Waals surface area contributed by atoms with Crippen molar-refractivity contribution in [1.29, 1.82) is 0 Å². The van der Waals surface area contributed by atoms with Crippen LogP contribution in [0, 0.1) is 5.41 Å². The molecule has 2 aliphatic heterocycles. The molecule has 1 spiro atoms. The summed E-state index contributed by atoms with van der Waals surface area (Å²) >= 11 is 0. The Hall–Kier alpha value is -3.35. The average Bonchev–Trinajstić information content (AvgIpc) is 3.32. The van der Waals surface area contributed by atoms with Gasteiger partial charge in [-0.25, -0.2) is 4.98 Å². The normalized spacial score (nSPS) is 20.4. The average molecular weight is 503 g/mol. The molecule has 196 valence electrons. The fraction of sp³-hybridized carbons (Fsp3) is 0.500. The molecule has 0 unspecified atom stereocenters. The van der Waals surface area contributed by atoms with Crippen molar-refractivity contribution in [2.75, 3.05) is 19.7 Å². The number of imidazole rings is 1. The number of benzene rings is 2. The van der Waals surface area contributed by atoms with E-state index in [1.54, 1.807) is 0 Å². The summed E-state index contributed by atoms with van der Waals surface area (Å²) in [6.07, 6.45) is 8.03. The van der Waals surface area contributed by atoms with E-state index in [2.05, 4.69) is 33.9 Å². The number of nitrogens with one attached hydrogen (secondary N) is 1. The lowest BCUT2D eigenvalue weighted by Gasteiger charge is -2.41. The monoisotopic (exact) mass is 502 g/mol. The molecule has 3 aromatic rings. The van der Waals surface area contributed by atoms with Crippen LogP contribution in [0.3, 0.4) is 0 Å². The minimum Gasteiger partial charge on any atom is -0.491 e. The number of ether oxygens (including phenoxy) is 1. The quantitative estimate of drug-likeness (QED) is 0.548. The van der Waals surface area contributed by atoms with Gasteiger partial charge in [0.25, 0.3) is 5.91 Å². The van der Waals surface area contributed by atoms with Gasteiger partial charge in [-0.15, -0.1) is 0 Å². The largest absolute Gasteiger partial charge is 0.491 e. The number of likely N-dealkylation sites (tertiary alicyclic amines) is 1. The highest BCUT2D eigenvalue weighted by Gasteiger charge is 2.42. The number of piperidine rings is 1. The molecule has 1 saturated heterocycles. The van der Waals surface area contributed by atoms with Gasteiger partial charge >= 0.3 is 0 Å².